The number of nitrogens with one attached hydrogen (secondary N) is 1. The maximum Gasteiger partial charge on any atom is 0.252 e. The first-order valence-corrected chi connectivity index (χ1v) is 9.36. The Morgan fingerprint density at radius 1 is 1.17 bits per heavy atom. The number of pyridine rings is 1. The van der Waals surface area contributed by atoms with Gasteiger partial charge in [-0.2, -0.15) is 10.1 Å². The van der Waals surface area contributed by atoms with Crippen LogP contribution < -0.4 is 5.32 Å². The van der Waals surface area contributed by atoms with E-state index in [1.807, 2.05) is 59.0 Å². The Morgan fingerprint density at radius 3 is 2.72 bits per heavy atom. The second kappa shape index (κ2) is 7.12. The Balaban J connectivity index is 1.60. The molecule has 1 atom stereocenters. The third-order valence-electron chi connectivity index (χ3n) is 4.78. The average molecular weight is 390 g/mol. The molecular formula is C21H22N6O2. The molecule has 3 aromatic heterocycles. The van der Waals surface area contributed by atoms with Crippen LogP contribution in [0.15, 0.2) is 34.9 Å². The highest BCUT2D eigenvalue weighted by atomic mass is 16.5. The van der Waals surface area contributed by atoms with E-state index in [4.69, 9.17) is 4.52 Å². The van der Waals surface area contributed by atoms with Crippen molar-refractivity contribution >= 4 is 16.9 Å². The minimum atomic E-state index is -0.450. The molecular weight excluding hydrogens is 368 g/mol. The first-order chi connectivity index (χ1) is 13.8. The molecule has 1 unspecified atom stereocenters. The highest BCUT2D eigenvalue weighted by Gasteiger charge is 2.22. The fourth-order valence-corrected chi connectivity index (χ4v) is 3.40. The quantitative estimate of drug-likeness (QED) is 0.573. The van der Waals surface area contributed by atoms with Gasteiger partial charge < -0.3 is 9.84 Å². The molecule has 0 spiro atoms. The molecule has 29 heavy (non-hydrogen) atoms. The number of carbonyl (C=O) groups is 1. The number of hydrogen-bond donors (Lipinski definition) is 1. The Labute approximate surface area is 168 Å². The largest absolute Gasteiger partial charge is 0.340 e. The molecule has 1 amide bonds. The summed E-state index contributed by atoms with van der Waals surface area (Å²) in [5, 5.41) is 12.1. The van der Waals surface area contributed by atoms with Gasteiger partial charge in [0.25, 0.3) is 5.91 Å². The number of amides is 1. The van der Waals surface area contributed by atoms with E-state index in [2.05, 4.69) is 25.5 Å². The highest BCUT2D eigenvalue weighted by molar-refractivity contribution is 6.06. The zero-order valence-corrected chi connectivity index (χ0v) is 17.0. The van der Waals surface area contributed by atoms with E-state index in [0.29, 0.717) is 22.9 Å². The van der Waals surface area contributed by atoms with Gasteiger partial charge in [-0.1, -0.05) is 28.9 Å². The van der Waals surface area contributed by atoms with Crippen LogP contribution in [0, 0.1) is 20.8 Å². The summed E-state index contributed by atoms with van der Waals surface area (Å²) in [6, 6.07) is 9.18. The van der Waals surface area contributed by atoms with Crippen molar-refractivity contribution in [3.63, 3.8) is 0 Å². The van der Waals surface area contributed by atoms with Gasteiger partial charge in [0.05, 0.1) is 16.6 Å². The normalized spacial score (nSPS) is 12.3. The van der Waals surface area contributed by atoms with Crippen molar-refractivity contribution in [1.82, 2.24) is 30.2 Å². The van der Waals surface area contributed by atoms with Crippen LogP contribution in [0.2, 0.25) is 0 Å². The summed E-state index contributed by atoms with van der Waals surface area (Å²) in [4.78, 5) is 22.0. The number of carbonyl (C=O) groups excluding carboxylic acids is 1. The van der Waals surface area contributed by atoms with Crippen LogP contribution in [0.3, 0.4) is 0 Å². The van der Waals surface area contributed by atoms with E-state index in [1.165, 1.54) is 0 Å². The van der Waals surface area contributed by atoms with E-state index in [-0.39, 0.29) is 5.91 Å². The number of benzene rings is 1. The lowest BCUT2D eigenvalue weighted by Crippen LogP contribution is -2.27. The molecule has 4 aromatic rings. The molecule has 0 bridgehead atoms. The van der Waals surface area contributed by atoms with Crippen LogP contribution in [0.4, 0.5) is 0 Å². The lowest BCUT2D eigenvalue weighted by Gasteiger charge is -2.11. The average Bonchev–Trinajstić information content (AvgIpc) is 3.27. The van der Waals surface area contributed by atoms with Gasteiger partial charge in [0.15, 0.2) is 5.65 Å². The SMILES string of the molecule is Cc1cccc(-c2noc(C(C)NC(=O)c3cc(C)nc4c3c(C)nn4C)n2)c1. The zero-order valence-electron chi connectivity index (χ0n) is 17.0. The number of hydrogen-bond acceptors (Lipinski definition) is 6. The molecule has 4 rings (SSSR count). The summed E-state index contributed by atoms with van der Waals surface area (Å²) in [5.41, 5.74) is 4.70. The van der Waals surface area contributed by atoms with Crippen molar-refractivity contribution in [2.45, 2.75) is 33.7 Å². The van der Waals surface area contributed by atoms with E-state index in [0.717, 1.165) is 27.9 Å². The standard InChI is InChI=1S/C21H22N6O2/c1-11-7-6-8-15(9-11)18-24-21(29-26-18)14(4)23-20(28)16-10-12(2)22-19-17(16)13(3)25-27(19)5/h6-10,14H,1-5H3,(H,23,28). The van der Waals surface area contributed by atoms with Gasteiger partial charge in [-0.25, -0.2) is 4.98 Å². The number of nitrogens with zero attached hydrogens (tertiary/aromatic N) is 5. The van der Waals surface area contributed by atoms with Crippen LogP contribution in [0.1, 0.15) is 46.2 Å². The summed E-state index contributed by atoms with van der Waals surface area (Å²) < 4.78 is 7.08. The van der Waals surface area contributed by atoms with Gasteiger partial charge in [0.1, 0.15) is 6.04 Å². The highest BCUT2D eigenvalue weighted by Crippen LogP contribution is 2.23. The van der Waals surface area contributed by atoms with E-state index in [1.54, 1.807) is 10.7 Å². The second-order valence-electron chi connectivity index (χ2n) is 7.24. The molecule has 0 radical (unpaired) electrons. The Bertz CT molecular complexity index is 1220. The van der Waals surface area contributed by atoms with Crippen LogP contribution in [0.25, 0.3) is 22.4 Å². The summed E-state index contributed by atoms with van der Waals surface area (Å²) in [6.07, 6.45) is 0. The fourth-order valence-electron chi connectivity index (χ4n) is 3.40. The minimum Gasteiger partial charge on any atom is -0.340 e. The van der Waals surface area contributed by atoms with Crippen LogP contribution in [-0.2, 0) is 7.05 Å². The first-order valence-electron chi connectivity index (χ1n) is 9.36. The lowest BCUT2D eigenvalue weighted by atomic mass is 10.1. The number of aromatic nitrogens is 5. The van der Waals surface area contributed by atoms with Gasteiger partial charge in [-0.05, 0) is 39.8 Å². The minimum absolute atomic E-state index is 0.237. The van der Waals surface area contributed by atoms with E-state index >= 15 is 0 Å². The molecule has 1 aromatic carbocycles. The van der Waals surface area contributed by atoms with Crippen molar-refractivity contribution in [3.05, 3.63) is 58.7 Å². The van der Waals surface area contributed by atoms with Gasteiger partial charge in [-0.15, -0.1) is 0 Å². The third-order valence-corrected chi connectivity index (χ3v) is 4.78. The molecule has 3 heterocycles. The van der Waals surface area contributed by atoms with Crippen LogP contribution >= 0.6 is 0 Å². The molecule has 0 fully saturated rings. The molecule has 0 saturated heterocycles. The Hall–Kier alpha value is -3.55. The second-order valence-corrected chi connectivity index (χ2v) is 7.24. The number of aryl methyl sites for hydroxylation is 4. The predicted octanol–water partition coefficient (Wildman–Crippen LogP) is 3.43. The van der Waals surface area contributed by atoms with Crippen LogP contribution in [0.5, 0.6) is 0 Å². The lowest BCUT2D eigenvalue weighted by molar-refractivity contribution is 0.0934. The molecule has 148 valence electrons. The maximum atomic E-state index is 13.0. The monoisotopic (exact) mass is 390 g/mol. The van der Waals surface area contributed by atoms with Crippen molar-refractivity contribution in [2.24, 2.45) is 7.05 Å². The summed E-state index contributed by atoms with van der Waals surface area (Å²) in [7, 11) is 1.82. The first kappa shape index (κ1) is 18.8. The third kappa shape index (κ3) is 3.49. The molecule has 0 aliphatic carbocycles. The summed E-state index contributed by atoms with van der Waals surface area (Å²) in [5.74, 6) is 0.606. The zero-order chi connectivity index (χ0) is 20.7. The van der Waals surface area contributed by atoms with E-state index < -0.39 is 6.04 Å². The van der Waals surface area contributed by atoms with Crippen molar-refractivity contribution in [3.8, 4) is 11.4 Å². The Morgan fingerprint density at radius 2 is 1.97 bits per heavy atom. The molecule has 1 N–H and O–H groups in total. The predicted molar refractivity (Wildman–Crippen MR) is 108 cm³/mol. The number of rotatable bonds is 4. The van der Waals surface area contributed by atoms with Gasteiger partial charge in [0.2, 0.25) is 11.7 Å². The van der Waals surface area contributed by atoms with Gasteiger partial charge >= 0.3 is 0 Å². The van der Waals surface area contributed by atoms with Crippen molar-refractivity contribution < 1.29 is 9.32 Å². The Kier molecular flexibility index (Phi) is 4.62. The van der Waals surface area contributed by atoms with Crippen molar-refractivity contribution in [2.75, 3.05) is 0 Å². The molecule has 8 heteroatoms. The van der Waals surface area contributed by atoms with E-state index in [9.17, 15) is 4.79 Å². The smallest absolute Gasteiger partial charge is 0.252 e. The molecule has 0 saturated carbocycles. The fraction of sp³-hybridized carbons (Fsp3) is 0.286. The molecule has 0 aliphatic heterocycles. The summed E-state index contributed by atoms with van der Waals surface area (Å²) in [6.45, 7) is 7.54. The number of fused-ring (bicyclic) bond motifs is 1. The van der Waals surface area contributed by atoms with Crippen molar-refractivity contribution in [1.29, 1.82) is 0 Å². The van der Waals surface area contributed by atoms with Gasteiger partial charge in [-0.3, -0.25) is 9.48 Å². The van der Waals surface area contributed by atoms with Crippen LogP contribution in [-0.4, -0.2) is 30.8 Å². The van der Waals surface area contributed by atoms with Gasteiger partial charge in [0, 0.05) is 18.3 Å². The maximum absolute atomic E-state index is 13.0. The molecule has 8 nitrogen and oxygen atoms in total. The molecule has 0 aliphatic rings. The summed E-state index contributed by atoms with van der Waals surface area (Å²) >= 11 is 0. The topological polar surface area (TPSA) is 98.7 Å².